The summed E-state index contributed by atoms with van der Waals surface area (Å²) in [5.41, 5.74) is -1.38. The second-order valence-corrected chi connectivity index (χ2v) is 5.62. The molecular formula is C9H8ClF3O4S. The molecule has 9 heteroatoms. The van der Waals surface area contributed by atoms with Gasteiger partial charge in [0.2, 0.25) is 0 Å². The minimum absolute atomic E-state index is 0.402. The Morgan fingerprint density at radius 1 is 1.33 bits per heavy atom. The Balaban J connectivity index is 3.46. The summed E-state index contributed by atoms with van der Waals surface area (Å²) < 4.78 is 69.7. The molecule has 0 N–H and O–H groups in total. The van der Waals surface area contributed by atoms with Crippen LogP contribution >= 0.6 is 10.7 Å². The molecule has 0 spiro atoms. The summed E-state index contributed by atoms with van der Waals surface area (Å²) in [4.78, 5) is -1.11. The van der Waals surface area contributed by atoms with E-state index in [2.05, 4.69) is 4.74 Å². The maximum Gasteiger partial charge on any atom is 0.417 e. The quantitative estimate of drug-likeness (QED) is 0.634. The lowest BCUT2D eigenvalue weighted by atomic mass is 10.2. The molecule has 0 aromatic heterocycles. The van der Waals surface area contributed by atoms with E-state index in [9.17, 15) is 21.6 Å². The van der Waals surface area contributed by atoms with Crippen molar-refractivity contribution in [3.05, 3.63) is 23.8 Å². The van der Waals surface area contributed by atoms with Crippen LogP contribution < -0.4 is 4.74 Å². The largest absolute Gasteiger partial charge is 0.466 e. The zero-order valence-electron chi connectivity index (χ0n) is 8.99. The molecule has 102 valence electrons. The molecule has 0 saturated carbocycles. The third-order valence-electron chi connectivity index (χ3n) is 1.86. The van der Waals surface area contributed by atoms with E-state index in [-0.39, 0.29) is 0 Å². The average Bonchev–Trinajstić information content (AvgIpc) is 2.23. The summed E-state index contributed by atoms with van der Waals surface area (Å²) in [5.74, 6) is -0.512. The molecule has 0 aliphatic carbocycles. The zero-order chi connectivity index (χ0) is 14.0. The molecule has 0 amide bonds. The fourth-order valence-electron chi connectivity index (χ4n) is 1.23. The smallest absolute Gasteiger partial charge is 0.417 e. The van der Waals surface area contributed by atoms with Gasteiger partial charge in [-0.2, -0.15) is 13.2 Å². The number of methoxy groups -OCH3 is 1. The first-order valence-corrected chi connectivity index (χ1v) is 6.75. The molecule has 1 aromatic carbocycles. The summed E-state index contributed by atoms with van der Waals surface area (Å²) in [7, 11) is 1.64. The first-order chi connectivity index (χ1) is 8.18. The van der Waals surface area contributed by atoms with E-state index in [1.165, 1.54) is 7.11 Å². The van der Waals surface area contributed by atoms with Gasteiger partial charge in [0.25, 0.3) is 9.05 Å². The maximum atomic E-state index is 12.7. The van der Waals surface area contributed by atoms with E-state index in [0.717, 1.165) is 12.1 Å². The normalized spacial score (nSPS) is 12.5. The molecule has 0 unspecified atom stereocenters. The molecule has 0 heterocycles. The van der Waals surface area contributed by atoms with E-state index in [1.54, 1.807) is 0 Å². The summed E-state index contributed by atoms with van der Waals surface area (Å²) in [5, 5.41) is 0. The van der Waals surface area contributed by atoms with Crippen LogP contribution in [0.4, 0.5) is 13.2 Å². The molecule has 0 atom stereocenters. The Kier molecular flexibility index (Phi) is 4.46. The van der Waals surface area contributed by atoms with Crippen molar-refractivity contribution in [2.45, 2.75) is 11.1 Å². The molecule has 4 nitrogen and oxygen atoms in total. The Morgan fingerprint density at radius 3 is 2.39 bits per heavy atom. The fourth-order valence-corrected chi connectivity index (χ4v) is 2.52. The van der Waals surface area contributed by atoms with Crippen molar-refractivity contribution in [3.8, 4) is 5.75 Å². The number of benzene rings is 1. The van der Waals surface area contributed by atoms with Gasteiger partial charge in [-0.15, -0.1) is 0 Å². The summed E-state index contributed by atoms with van der Waals surface area (Å²) in [6, 6.07) is 2.68. The molecule has 0 saturated heterocycles. The van der Waals surface area contributed by atoms with Crippen LogP contribution in [0.25, 0.3) is 0 Å². The Bertz CT molecular complexity index is 527. The first kappa shape index (κ1) is 15.1. The molecule has 0 fully saturated rings. The van der Waals surface area contributed by atoms with Crippen molar-refractivity contribution in [2.24, 2.45) is 0 Å². The number of hydrogen-bond acceptors (Lipinski definition) is 4. The molecule has 18 heavy (non-hydrogen) atoms. The first-order valence-electron chi connectivity index (χ1n) is 4.44. The van der Waals surface area contributed by atoms with Crippen molar-refractivity contribution < 1.29 is 31.1 Å². The van der Waals surface area contributed by atoms with E-state index in [0.29, 0.717) is 6.07 Å². The van der Waals surface area contributed by atoms with Gasteiger partial charge in [0, 0.05) is 17.8 Å². The van der Waals surface area contributed by atoms with Gasteiger partial charge in [-0.1, -0.05) is 6.07 Å². The van der Waals surface area contributed by atoms with E-state index in [4.69, 9.17) is 15.4 Å². The van der Waals surface area contributed by atoms with Crippen LogP contribution in [0.5, 0.6) is 5.75 Å². The van der Waals surface area contributed by atoms with Gasteiger partial charge in [-0.25, -0.2) is 8.42 Å². The standard InChI is InChI=1S/C9H8ClF3O4S/c1-16-5-17-7-4-2-3-6(9(11,12)13)8(7)18(10,14)15/h2-4H,5H2,1H3. The number of alkyl halides is 3. The van der Waals surface area contributed by atoms with Gasteiger partial charge in [-0.05, 0) is 12.1 Å². The zero-order valence-corrected chi connectivity index (χ0v) is 10.6. The van der Waals surface area contributed by atoms with Crippen molar-refractivity contribution in [2.75, 3.05) is 13.9 Å². The van der Waals surface area contributed by atoms with Gasteiger partial charge in [0.05, 0.1) is 5.56 Å². The topological polar surface area (TPSA) is 52.6 Å². The van der Waals surface area contributed by atoms with Crippen LogP contribution in [-0.2, 0) is 20.0 Å². The van der Waals surface area contributed by atoms with Crippen LogP contribution in [0.15, 0.2) is 23.1 Å². The van der Waals surface area contributed by atoms with Crippen LogP contribution in [0, 0.1) is 0 Å². The second-order valence-electron chi connectivity index (χ2n) is 3.12. The predicted octanol–water partition coefficient (Wildman–Crippen LogP) is 2.62. The Labute approximate surface area is 106 Å². The van der Waals surface area contributed by atoms with Gasteiger partial charge >= 0.3 is 6.18 Å². The predicted molar refractivity (Wildman–Crippen MR) is 57.0 cm³/mol. The fraction of sp³-hybridized carbons (Fsp3) is 0.333. The average molecular weight is 305 g/mol. The molecule has 0 aliphatic heterocycles. The highest BCUT2D eigenvalue weighted by Gasteiger charge is 2.38. The van der Waals surface area contributed by atoms with Crippen LogP contribution in [0.2, 0.25) is 0 Å². The van der Waals surface area contributed by atoms with Gasteiger partial charge in [-0.3, -0.25) is 0 Å². The van der Waals surface area contributed by atoms with Crippen molar-refractivity contribution in [3.63, 3.8) is 0 Å². The van der Waals surface area contributed by atoms with Crippen LogP contribution in [-0.4, -0.2) is 22.3 Å². The molecule has 0 radical (unpaired) electrons. The Hall–Kier alpha value is -0.990. The molecule has 1 aromatic rings. The molecule has 0 bridgehead atoms. The summed E-state index contributed by atoms with van der Waals surface area (Å²) in [6.07, 6.45) is -4.86. The lowest BCUT2D eigenvalue weighted by Gasteiger charge is -2.14. The van der Waals surface area contributed by atoms with Crippen LogP contribution in [0.3, 0.4) is 0 Å². The summed E-state index contributed by atoms with van der Waals surface area (Å²) >= 11 is 0. The maximum absolute atomic E-state index is 12.7. The number of ether oxygens (including phenoxy) is 2. The van der Waals surface area contributed by atoms with E-state index < -0.39 is 38.2 Å². The Morgan fingerprint density at radius 2 is 1.94 bits per heavy atom. The number of halogens is 4. The van der Waals surface area contributed by atoms with Crippen molar-refractivity contribution in [1.82, 2.24) is 0 Å². The van der Waals surface area contributed by atoms with Gasteiger partial charge < -0.3 is 9.47 Å². The van der Waals surface area contributed by atoms with Crippen LogP contribution in [0.1, 0.15) is 5.56 Å². The minimum Gasteiger partial charge on any atom is -0.466 e. The molecule has 0 aliphatic rings. The van der Waals surface area contributed by atoms with Gasteiger partial charge in [0.15, 0.2) is 6.79 Å². The lowest BCUT2D eigenvalue weighted by molar-refractivity contribution is -0.140. The van der Waals surface area contributed by atoms with Gasteiger partial charge in [0.1, 0.15) is 10.6 Å². The lowest BCUT2D eigenvalue weighted by Crippen LogP contribution is -2.13. The third-order valence-corrected chi connectivity index (χ3v) is 3.23. The van der Waals surface area contributed by atoms with Crippen molar-refractivity contribution >= 4 is 19.7 Å². The molecule has 1 rings (SSSR count). The highest BCUT2D eigenvalue weighted by molar-refractivity contribution is 8.13. The highest BCUT2D eigenvalue weighted by Crippen LogP contribution is 2.40. The monoisotopic (exact) mass is 304 g/mol. The van der Waals surface area contributed by atoms with Crippen molar-refractivity contribution in [1.29, 1.82) is 0 Å². The number of hydrogen-bond donors (Lipinski definition) is 0. The SMILES string of the molecule is COCOc1cccc(C(F)(F)F)c1S(=O)(=O)Cl. The second kappa shape index (κ2) is 5.33. The third kappa shape index (κ3) is 3.50. The minimum atomic E-state index is -4.86. The number of rotatable bonds is 4. The molecular weight excluding hydrogens is 297 g/mol. The van der Waals surface area contributed by atoms with E-state index >= 15 is 0 Å². The summed E-state index contributed by atoms with van der Waals surface area (Å²) in [6.45, 7) is -0.402. The van der Waals surface area contributed by atoms with E-state index in [1.807, 2.05) is 0 Å². The highest BCUT2D eigenvalue weighted by atomic mass is 35.7.